The molecule has 0 spiro atoms. The van der Waals surface area contributed by atoms with Gasteiger partial charge in [-0.3, -0.25) is 4.79 Å². The van der Waals surface area contributed by atoms with E-state index in [0.717, 1.165) is 16.0 Å². The Kier molecular flexibility index (Phi) is 5.49. The van der Waals surface area contributed by atoms with E-state index in [1.807, 2.05) is 20.8 Å². The molecular weight excluding hydrogens is 439 g/mol. The Hall–Kier alpha value is -3.46. The molecule has 4 aromatic rings. The van der Waals surface area contributed by atoms with Crippen LogP contribution >= 0.6 is 11.3 Å². The highest BCUT2D eigenvalue weighted by Gasteiger charge is 2.26. The number of aryl methyl sites for hydroxylation is 1. The molecule has 1 amide bonds. The number of hydrogen-bond acceptors (Lipinski definition) is 6. The van der Waals surface area contributed by atoms with Crippen molar-refractivity contribution in [3.63, 3.8) is 0 Å². The monoisotopic (exact) mass is 462 g/mol. The molecule has 0 atom stereocenters. The van der Waals surface area contributed by atoms with Crippen molar-refractivity contribution in [2.24, 2.45) is 0 Å². The molecule has 1 aliphatic carbocycles. The van der Waals surface area contributed by atoms with Gasteiger partial charge in [-0.25, -0.2) is 14.1 Å². The van der Waals surface area contributed by atoms with Crippen molar-refractivity contribution in [3.8, 4) is 22.0 Å². The van der Waals surface area contributed by atoms with Gasteiger partial charge in [-0.05, 0) is 97.5 Å². The highest BCUT2D eigenvalue weighted by Crippen LogP contribution is 2.45. The first kappa shape index (κ1) is 21.4. The van der Waals surface area contributed by atoms with Gasteiger partial charge in [-0.2, -0.15) is 0 Å². The number of nitrogens with one attached hydrogen (secondary N) is 1. The Balaban J connectivity index is 1.42. The van der Waals surface area contributed by atoms with Crippen molar-refractivity contribution >= 4 is 23.1 Å². The Morgan fingerprint density at radius 3 is 2.79 bits per heavy atom. The number of nitrogens with zero attached hydrogens (tertiary/aromatic N) is 5. The van der Waals surface area contributed by atoms with Crippen LogP contribution in [0.4, 0.5) is 10.2 Å². The molecule has 1 saturated carbocycles. The molecule has 1 aromatic carbocycles. The fourth-order valence-corrected chi connectivity index (χ4v) is 4.98. The van der Waals surface area contributed by atoms with Crippen LogP contribution in [0.1, 0.15) is 59.4 Å². The number of benzene rings is 1. The minimum Gasteiger partial charge on any atom is -0.306 e. The molecule has 9 heteroatoms. The van der Waals surface area contributed by atoms with E-state index >= 15 is 0 Å². The molecule has 1 aliphatic rings. The Morgan fingerprint density at radius 1 is 1.21 bits per heavy atom. The zero-order valence-corrected chi connectivity index (χ0v) is 19.4. The van der Waals surface area contributed by atoms with Crippen LogP contribution in [-0.4, -0.2) is 31.1 Å². The first-order valence-electron chi connectivity index (χ1n) is 10.9. The predicted molar refractivity (Wildman–Crippen MR) is 126 cm³/mol. The summed E-state index contributed by atoms with van der Waals surface area (Å²) >= 11 is 1.72. The molecular formula is C24H23FN6OS. The molecule has 0 unspecified atom stereocenters. The van der Waals surface area contributed by atoms with E-state index in [4.69, 9.17) is 0 Å². The van der Waals surface area contributed by atoms with Gasteiger partial charge in [-0.1, -0.05) is 6.07 Å². The Morgan fingerprint density at radius 2 is 2.03 bits per heavy atom. The van der Waals surface area contributed by atoms with E-state index in [0.29, 0.717) is 23.3 Å². The lowest BCUT2D eigenvalue weighted by molar-refractivity contribution is 0.102. The zero-order valence-electron chi connectivity index (χ0n) is 18.5. The summed E-state index contributed by atoms with van der Waals surface area (Å²) in [5, 5.41) is 14.5. The van der Waals surface area contributed by atoms with Crippen LogP contribution in [0.25, 0.3) is 22.0 Å². The van der Waals surface area contributed by atoms with E-state index in [9.17, 15) is 9.18 Å². The van der Waals surface area contributed by atoms with Crippen LogP contribution in [0.3, 0.4) is 0 Å². The maximum Gasteiger partial charge on any atom is 0.259 e. The van der Waals surface area contributed by atoms with E-state index in [1.54, 1.807) is 40.3 Å². The van der Waals surface area contributed by atoms with E-state index in [1.165, 1.54) is 23.8 Å². The first-order valence-corrected chi connectivity index (χ1v) is 11.7. The summed E-state index contributed by atoms with van der Waals surface area (Å²) in [6.07, 6.45) is 2.46. The van der Waals surface area contributed by atoms with Crippen LogP contribution in [-0.2, 0) is 0 Å². The first-order chi connectivity index (χ1) is 15.9. The number of halogens is 1. The summed E-state index contributed by atoms with van der Waals surface area (Å²) in [5.41, 5.74) is 2.17. The molecule has 7 nitrogen and oxygen atoms in total. The quantitative estimate of drug-likeness (QED) is 0.402. The smallest absolute Gasteiger partial charge is 0.259 e. The summed E-state index contributed by atoms with van der Waals surface area (Å²) in [4.78, 5) is 19.9. The highest BCUT2D eigenvalue weighted by atomic mass is 32.1. The maximum atomic E-state index is 14.8. The maximum absolute atomic E-state index is 14.8. The number of thiophene rings is 1. The summed E-state index contributed by atoms with van der Waals surface area (Å²) in [6.45, 7) is 5.79. The number of aromatic nitrogens is 5. The average molecular weight is 463 g/mol. The third kappa shape index (κ3) is 4.28. The fourth-order valence-electron chi connectivity index (χ4n) is 3.72. The van der Waals surface area contributed by atoms with Crippen molar-refractivity contribution in [3.05, 3.63) is 64.3 Å². The van der Waals surface area contributed by atoms with Gasteiger partial charge in [0, 0.05) is 9.75 Å². The van der Waals surface area contributed by atoms with Crippen LogP contribution < -0.4 is 5.32 Å². The van der Waals surface area contributed by atoms with E-state index in [2.05, 4.69) is 38.0 Å². The number of carbonyl (C=O) groups excluding carboxylic acids is 1. The minimum absolute atomic E-state index is 0.0174. The van der Waals surface area contributed by atoms with Crippen LogP contribution in [0.2, 0.25) is 0 Å². The summed E-state index contributed by atoms with van der Waals surface area (Å²) in [7, 11) is 0. The number of tetrazole rings is 1. The third-order valence-corrected chi connectivity index (χ3v) is 6.91. The van der Waals surface area contributed by atoms with E-state index in [-0.39, 0.29) is 11.6 Å². The van der Waals surface area contributed by atoms with Gasteiger partial charge in [0.1, 0.15) is 17.3 Å². The molecule has 3 aromatic heterocycles. The molecule has 3 heterocycles. The summed E-state index contributed by atoms with van der Waals surface area (Å²) in [5.74, 6) is 0.328. The predicted octanol–water partition coefficient (Wildman–Crippen LogP) is 5.62. The fraction of sp³-hybridized carbons (Fsp3) is 0.292. The standard InChI is InChI=1S/C24H23FN6OS/c1-13(2)31-23(28-29-30-31)19-5-4-6-22(26-19)27-24(32)17-12-16(14(3)11-18(17)25)21-10-9-20(33-21)15-7-8-15/h4-6,9-13,15H,7-8H2,1-3H3,(H,26,27,32). The molecule has 1 N–H and O–H groups in total. The van der Waals surface area contributed by atoms with Gasteiger partial charge < -0.3 is 5.32 Å². The lowest BCUT2D eigenvalue weighted by atomic mass is 10.0. The Bertz CT molecular complexity index is 1340. The van der Waals surface area contributed by atoms with Gasteiger partial charge in [0.2, 0.25) is 5.82 Å². The van der Waals surface area contributed by atoms with Crippen LogP contribution in [0.15, 0.2) is 42.5 Å². The second kappa shape index (κ2) is 8.47. The number of rotatable bonds is 6. The number of anilines is 1. The molecule has 0 bridgehead atoms. The molecule has 168 valence electrons. The van der Waals surface area contributed by atoms with Gasteiger partial charge in [0.05, 0.1) is 11.6 Å². The van der Waals surface area contributed by atoms with Crippen molar-refractivity contribution in [2.45, 2.75) is 45.6 Å². The van der Waals surface area contributed by atoms with Gasteiger partial charge in [0.25, 0.3) is 5.91 Å². The SMILES string of the molecule is Cc1cc(F)c(C(=O)Nc2cccc(-c3nnnn3C(C)C)n2)cc1-c1ccc(C2CC2)s1. The molecule has 1 fully saturated rings. The normalized spacial score (nSPS) is 13.5. The van der Waals surface area contributed by atoms with Crippen molar-refractivity contribution in [2.75, 3.05) is 5.32 Å². The van der Waals surface area contributed by atoms with Gasteiger partial charge in [-0.15, -0.1) is 16.4 Å². The lowest BCUT2D eigenvalue weighted by Crippen LogP contribution is -2.15. The van der Waals surface area contributed by atoms with Crippen molar-refractivity contribution in [1.82, 2.24) is 25.2 Å². The van der Waals surface area contributed by atoms with Crippen molar-refractivity contribution in [1.29, 1.82) is 0 Å². The van der Waals surface area contributed by atoms with Crippen LogP contribution in [0.5, 0.6) is 0 Å². The lowest BCUT2D eigenvalue weighted by Gasteiger charge is -2.11. The topological polar surface area (TPSA) is 85.6 Å². The second-order valence-electron chi connectivity index (χ2n) is 8.53. The number of amides is 1. The molecule has 0 aliphatic heterocycles. The second-order valence-corrected chi connectivity index (χ2v) is 9.64. The molecule has 0 radical (unpaired) electrons. The molecule has 5 rings (SSSR count). The molecule has 33 heavy (non-hydrogen) atoms. The number of hydrogen-bond donors (Lipinski definition) is 1. The van der Waals surface area contributed by atoms with E-state index < -0.39 is 11.7 Å². The summed E-state index contributed by atoms with van der Waals surface area (Å²) in [6, 6.07) is 12.5. The number of pyridine rings is 1. The summed E-state index contributed by atoms with van der Waals surface area (Å²) < 4.78 is 16.4. The van der Waals surface area contributed by atoms with Gasteiger partial charge in [0.15, 0.2) is 0 Å². The van der Waals surface area contributed by atoms with Crippen molar-refractivity contribution < 1.29 is 9.18 Å². The van der Waals surface area contributed by atoms with Crippen LogP contribution in [0, 0.1) is 12.7 Å². The number of carbonyl (C=O) groups is 1. The molecule has 0 saturated heterocycles. The average Bonchev–Trinajstić information content (AvgIpc) is 3.31. The van der Waals surface area contributed by atoms with Gasteiger partial charge >= 0.3 is 0 Å². The largest absolute Gasteiger partial charge is 0.306 e. The third-order valence-electron chi connectivity index (χ3n) is 5.63. The minimum atomic E-state index is -0.562. The Labute approximate surface area is 194 Å². The zero-order chi connectivity index (χ0) is 23.1. The highest BCUT2D eigenvalue weighted by molar-refractivity contribution is 7.15.